The SMILES string of the molecule is CCOCCOc1nsnc1C1=CCCN(C)C1. The summed E-state index contributed by atoms with van der Waals surface area (Å²) < 4.78 is 19.4. The second kappa shape index (κ2) is 6.82. The molecule has 0 saturated heterocycles. The summed E-state index contributed by atoms with van der Waals surface area (Å²) in [5.74, 6) is 0.640. The predicted octanol–water partition coefficient (Wildman–Crippen LogP) is 1.67. The van der Waals surface area contributed by atoms with E-state index in [1.807, 2.05) is 6.92 Å². The molecule has 0 aromatic carbocycles. The quantitative estimate of drug-likeness (QED) is 0.735. The summed E-state index contributed by atoms with van der Waals surface area (Å²) in [6.07, 6.45) is 3.29. The van der Waals surface area contributed by atoms with Crippen molar-refractivity contribution in [2.24, 2.45) is 0 Å². The Morgan fingerprint density at radius 3 is 3.06 bits per heavy atom. The third-order valence-electron chi connectivity index (χ3n) is 2.77. The standard InChI is InChI=1S/C12H19N3O2S/c1-3-16-7-8-17-12-11(13-18-14-12)10-5-4-6-15(2)9-10/h5H,3-4,6-9H2,1-2H3. The lowest BCUT2D eigenvalue weighted by Gasteiger charge is -2.22. The lowest BCUT2D eigenvalue weighted by molar-refractivity contribution is 0.108. The smallest absolute Gasteiger partial charge is 0.253 e. The van der Waals surface area contributed by atoms with Gasteiger partial charge >= 0.3 is 0 Å². The molecule has 1 aromatic rings. The summed E-state index contributed by atoms with van der Waals surface area (Å²) in [6, 6.07) is 0. The fraction of sp³-hybridized carbons (Fsp3) is 0.667. The number of likely N-dealkylation sites (N-methyl/N-ethyl adjacent to an activating group) is 1. The molecule has 0 bridgehead atoms. The van der Waals surface area contributed by atoms with Gasteiger partial charge in [0.25, 0.3) is 5.88 Å². The normalized spacial score (nSPS) is 16.7. The number of rotatable bonds is 6. The van der Waals surface area contributed by atoms with E-state index in [4.69, 9.17) is 9.47 Å². The second-order valence-electron chi connectivity index (χ2n) is 4.22. The summed E-state index contributed by atoms with van der Waals surface area (Å²) in [4.78, 5) is 2.28. The molecule has 5 nitrogen and oxygen atoms in total. The molecule has 2 rings (SSSR count). The van der Waals surface area contributed by atoms with Crippen molar-refractivity contribution in [3.8, 4) is 5.88 Å². The highest BCUT2D eigenvalue weighted by Crippen LogP contribution is 2.26. The Morgan fingerprint density at radius 1 is 1.39 bits per heavy atom. The van der Waals surface area contributed by atoms with E-state index in [1.54, 1.807) is 0 Å². The summed E-state index contributed by atoms with van der Waals surface area (Å²) in [5.41, 5.74) is 2.10. The molecule has 2 heterocycles. The van der Waals surface area contributed by atoms with Crippen LogP contribution in [0.15, 0.2) is 6.08 Å². The Balaban J connectivity index is 1.96. The van der Waals surface area contributed by atoms with Gasteiger partial charge < -0.3 is 14.4 Å². The van der Waals surface area contributed by atoms with Gasteiger partial charge in [0.15, 0.2) is 0 Å². The molecule has 0 atom stereocenters. The van der Waals surface area contributed by atoms with Crippen LogP contribution in [-0.4, -0.2) is 53.6 Å². The fourth-order valence-electron chi connectivity index (χ4n) is 1.88. The van der Waals surface area contributed by atoms with Gasteiger partial charge in [0.1, 0.15) is 12.3 Å². The van der Waals surface area contributed by atoms with Gasteiger partial charge in [-0.05, 0) is 26.0 Å². The maximum atomic E-state index is 5.62. The van der Waals surface area contributed by atoms with Crippen molar-refractivity contribution < 1.29 is 9.47 Å². The van der Waals surface area contributed by atoms with E-state index in [-0.39, 0.29) is 0 Å². The van der Waals surface area contributed by atoms with Crippen LogP contribution in [0.4, 0.5) is 0 Å². The molecule has 1 aliphatic heterocycles. The van der Waals surface area contributed by atoms with Crippen molar-refractivity contribution in [2.75, 3.05) is 40.0 Å². The minimum atomic E-state index is 0.523. The van der Waals surface area contributed by atoms with Crippen molar-refractivity contribution in [3.05, 3.63) is 11.8 Å². The topological polar surface area (TPSA) is 47.5 Å². The summed E-state index contributed by atoms with van der Waals surface area (Å²) in [5, 5.41) is 0. The highest BCUT2D eigenvalue weighted by Gasteiger charge is 2.18. The minimum absolute atomic E-state index is 0.523. The first-order valence-corrected chi connectivity index (χ1v) is 6.95. The van der Waals surface area contributed by atoms with Crippen LogP contribution in [0.5, 0.6) is 5.88 Å². The predicted molar refractivity (Wildman–Crippen MR) is 72.0 cm³/mol. The van der Waals surface area contributed by atoms with Crippen molar-refractivity contribution >= 4 is 17.3 Å². The third-order valence-corrected chi connectivity index (χ3v) is 3.29. The number of ether oxygens (including phenoxy) is 2. The van der Waals surface area contributed by atoms with Crippen LogP contribution in [0.25, 0.3) is 5.57 Å². The molecule has 18 heavy (non-hydrogen) atoms. The average Bonchev–Trinajstić information content (AvgIpc) is 2.83. The first kappa shape index (κ1) is 13.5. The van der Waals surface area contributed by atoms with Gasteiger partial charge in [-0.25, -0.2) is 0 Å². The van der Waals surface area contributed by atoms with Crippen LogP contribution in [0.1, 0.15) is 19.0 Å². The Hall–Kier alpha value is -0.980. The van der Waals surface area contributed by atoms with Crippen LogP contribution in [-0.2, 0) is 4.74 Å². The van der Waals surface area contributed by atoms with Gasteiger partial charge in [-0.1, -0.05) is 6.08 Å². The van der Waals surface area contributed by atoms with Gasteiger partial charge in [0, 0.05) is 19.7 Å². The third kappa shape index (κ3) is 3.51. The summed E-state index contributed by atoms with van der Waals surface area (Å²) >= 11 is 1.20. The van der Waals surface area contributed by atoms with E-state index in [0.29, 0.717) is 25.7 Å². The molecule has 0 amide bonds. The number of nitrogens with zero attached hydrogens (tertiary/aromatic N) is 3. The van der Waals surface area contributed by atoms with Crippen LogP contribution in [0.2, 0.25) is 0 Å². The minimum Gasteiger partial charge on any atom is -0.473 e. The molecule has 0 fully saturated rings. The molecule has 1 aromatic heterocycles. The van der Waals surface area contributed by atoms with Crippen LogP contribution in [0.3, 0.4) is 0 Å². The van der Waals surface area contributed by atoms with Crippen LogP contribution >= 0.6 is 11.7 Å². The molecule has 0 N–H and O–H groups in total. The molecule has 0 radical (unpaired) electrons. The average molecular weight is 269 g/mol. The first-order valence-electron chi connectivity index (χ1n) is 6.22. The summed E-state index contributed by atoms with van der Waals surface area (Å²) in [7, 11) is 2.11. The fourth-order valence-corrected chi connectivity index (χ4v) is 2.41. The zero-order valence-electron chi connectivity index (χ0n) is 10.9. The summed E-state index contributed by atoms with van der Waals surface area (Å²) in [6.45, 7) is 5.80. The van der Waals surface area contributed by atoms with Crippen LogP contribution in [0, 0.1) is 0 Å². The zero-order chi connectivity index (χ0) is 12.8. The van der Waals surface area contributed by atoms with Gasteiger partial charge in [-0.2, -0.15) is 4.37 Å². The van der Waals surface area contributed by atoms with E-state index in [9.17, 15) is 0 Å². The van der Waals surface area contributed by atoms with Gasteiger partial charge in [-0.15, -0.1) is 4.37 Å². The van der Waals surface area contributed by atoms with Gasteiger partial charge in [-0.3, -0.25) is 0 Å². The van der Waals surface area contributed by atoms with Crippen molar-refractivity contribution in [1.29, 1.82) is 0 Å². The van der Waals surface area contributed by atoms with E-state index in [1.165, 1.54) is 17.3 Å². The maximum absolute atomic E-state index is 5.62. The van der Waals surface area contributed by atoms with Gasteiger partial charge in [0.2, 0.25) is 0 Å². The molecule has 6 heteroatoms. The van der Waals surface area contributed by atoms with E-state index >= 15 is 0 Å². The lowest BCUT2D eigenvalue weighted by atomic mass is 10.1. The molecule has 0 aliphatic carbocycles. The van der Waals surface area contributed by atoms with E-state index < -0.39 is 0 Å². The zero-order valence-corrected chi connectivity index (χ0v) is 11.7. The van der Waals surface area contributed by atoms with E-state index in [0.717, 1.165) is 25.2 Å². The molecule has 100 valence electrons. The largest absolute Gasteiger partial charge is 0.473 e. The molecule has 0 saturated carbocycles. The lowest BCUT2D eigenvalue weighted by Crippen LogP contribution is -2.25. The Labute approximate surface area is 112 Å². The monoisotopic (exact) mass is 269 g/mol. The first-order chi connectivity index (χ1) is 8.81. The highest BCUT2D eigenvalue weighted by atomic mass is 32.1. The molecular weight excluding hydrogens is 250 g/mol. The Bertz CT molecular complexity index is 406. The van der Waals surface area contributed by atoms with E-state index in [2.05, 4.69) is 26.8 Å². The van der Waals surface area contributed by atoms with Crippen molar-refractivity contribution in [1.82, 2.24) is 13.6 Å². The maximum Gasteiger partial charge on any atom is 0.253 e. The number of hydrogen-bond donors (Lipinski definition) is 0. The number of hydrogen-bond acceptors (Lipinski definition) is 6. The Morgan fingerprint density at radius 2 is 2.28 bits per heavy atom. The molecule has 0 spiro atoms. The number of aromatic nitrogens is 2. The van der Waals surface area contributed by atoms with Crippen molar-refractivity contribution in [2.45, 2.75) is 13.3 Å². The molecule has 1 aliphatic rings. The molecular formula is C12H19N3O2S. The molecule has 0 unspecified atom stereocenters. The van der Waals surface area contributed by atoms with Gasteiger partial charge in [0.05, 0.1) is 18.3 Å². The highest BCUT2D eigenvalue weighted by molar-refractivity contribution is 6.99. The van der Waals surface area contributed by atoms with Crippen molar-refractivity contribution in [3.63, 3.8) is 0 Å². The second-order valence-corrected chi connectivity index (χ2v) is 4.75. The van der Waals surface area contributed by atoms with Crippen LogP contribution < -0.4 is 4.74 Å². The Kier molecular flexibility index (Phi) is 5.10.